The van der Waals surface area contributed by atoms with Crippen LogP contribution in [0, 0.1) is 0 Å². The van der Waals surface area contributed by atoms with Crippen molar-refractivity contribution < 1.29 is 48.0 Å². The summed E-state index contributed by atoms with van der Waals surface area (Å²) >= 11 is 0. The SMILES string of the molecule is COC(=O)c1ccc(-c2ccc3c(c2)-c2c4nc(c(-c5ccccc5)c5ccc([n-]5)c(c5nc(c(-c6ccccc6)c6ccc2[n-]6)C=C5)-c2cc(-c5ccc(C(=O)OC)cc5)ccc2OCCCCc2ccc(cc2)CCCCO3)C=C4)cc1.[Zn+2]. The number of ether oxygens (including phenoxy) is 4. The van der Waals surface area contributed by atoms with Gasteiger partial charge in [0, 0.05) is 11.1 Å². The van der Waals surface area contributed by atoms with Gasteiger partial charge in [-0.1, -0.05) is 146 Å². The zero-order chi connectivity index (χ0) is 56.9. The molecular weight excluding hydrogens is 1110 g/mol. The maximum atomic E-state index is 12.6. The van der Waals surface area contributed by atoms with Crippen molar-refractivity contribution in [1.29, 1.82) is 0 Å². The molecule has 3 aromatic heterocycles. The number of carbonyl (C=O) groups is 2. The Balaban J connectivity index is 0.00000709. The van der Waals surface area contributed by atoms with Crippen molar-refractivity contribution >= 4 is 58.3 Å². The molecule has 0 atom stereocenters. The smallest absolute Gasteiger partial charge is 0.657 e. The number of aryl methyl sites for hydroxylation is 2. The Hall–Kier alpha value is -9.70. The van der Waals surface area contributed by atoms with E-state index in [2.05, 4.69) is 121 Å². The van der Waals surface area contributed by atoms with Gasteiger partial charge in [0.15, 0.2) is 0 Å². The molecule has 0 spiro atoms. The van der Waals surface area contributed by atoms with Gasteiger partial charge in [-0.3, -0.25) is 0 Å². The first-order valence-electron chi connectivity index (χ1n) is 28.5. The molecule has 11 heteroatoms. The third-order valence-corrected chi connectivity index (χ3v) is 15.8. The molecule has 16 rings (SSSR count). The van der Waals surface area contributed by atoms with Crippen molar-refractivity contribution in [3.8, 4) is 78.3 Å². The molecule has 10 aromatic rings. The van der Waals surface area contributed by atoms with Gasteiger partial charge >= 0.3 is 31.4 Å². The Morgan fingerprint density at radius 3 is 1.12 bits per heavy atom. The first-order chi connectivity index (χ1) is 41.3. The largest absolute Gasteiger partial charge is 2.00 e. The van der Waals surface area contributed by atoms with Gasteiger partial charge in [-0.15, -0.1) is 22.1 Å². The Morgan fingerprint density at radius 2 is 0.741 bits per heavy atom. The number of benzene rings is 7. The fraction of sp³-hybridized carbons (Fsp3) is 0.135. The molecular formula is C74H58N4O6Zn. The van der Waals surface area contributed by atoms with Crippen LogP contribution >= 0.6 is 0 Å². The molecule has 412 valence electrons. The molecule has 6 aliphatic rings. The van der Waals surface area contributed by atoms with E-state index in [4.69, 9.17) is 38.9 Å². The Labute approximate surface area is 506 Å². The van der Waals surface area contributed by atoms with Crippen LogP contribution < -0.4 is 19.4 Å². The summed E-state index contributed by atoms with van der Waals surface area (Å²) in [5, 5.41) is 0. The third kappa shape index (κ3) is 11.7. The molecule has 0 fully saturated rings. The molecule has 10 nitrogen and oxygen atoms in total. The molecule has 12 bridgehead atoms. The minimum atomic E-state index is -0.398. The van der Waals surface area contributed by atoms with Crippen LogP contribution in [0.1, 0.15) is 80.3 Å². The van der Waals surface area contributed by atoms with Crippen LogP contribution in [0.2, 0.25) is 0 Å². The second-order valence-corrected chi connectivity index (χ2v) is 21.1. The quantitative estimate of drug-likeness (QED) is 0.117. The fourth-order valence-electron chi connectivity index (χ4n) is 11.4. The van der Waals surface area contributed by atoms with E-state index in [9.17, 15) is 9.59 Å². The van der Waals surface area contributed by atoms with E-state index in [0.29, 0.717) is 58.3 Å². The summed E-state index contributed by atoms with van der Waals surface area (Å²) in [4.78, 5) is 47.6. The maximum Gasteiger partial charge on any atom is 2.00 e. The van der Waals surface area contributed by atoms with Crippen LogP contribution in [0.15, 0.2) is 194 Å². The standard InChI is InChI=1S/C74H58N4O6.Zn/c1-81-73(79)53-27-23-49(24-28-53)55-31-41-67-57(45-55)71-63-37-33-59(75-63)69(51-15-5-3-6-16-51)61-35-39-65(77-61)72(66-40-36-62(78-66)70(52-17-7-4-8-18-52)60-34-38-64(71)76-60)58-46-56(50-25-29-54(30-26-50)74(80)82-2)32-42-68(58)84-44-12-10-14-48-21-19-47(20-22-48)13-9-11-43-83-67;/h3-8,15-42,45-46H,9-14,43-44H2,1-2H3;/q-2;+2. The van der Waals surface area contributed by atoms with Gasteiger partial charge in [-0.2, -0.15) is 0 Å². The van der Waals surface area contributed by atoms with E-state index in [1.54, 1.807) is 24.3 Å². The van der Waals surface area contributed by atoms with E-state index in [0.717, 1.165) is 128 Å². The molecule has 85 heavy (non-hydrogen) atoms. The van der Waals surface area contributed by atoms with E-state index < -0.39 is 11.9 Å². The van der Waals surface area contributed by atoms with Crippen LogP contribution in [0.25, 0.3) is 113 Å². The summed E-state index contributed by atoms with van der Waals surface area (Å²) in [7, 11) is 2.78. The van der Waals surface area contributed by atoms with Crippen molar-refractivity contribution in [1.82, 2.24) is 19.9 Å². The van der Waals surface area contributed by atoms with E-state index in [1.165, 1.54) is 25.3 Å². The monoisotopic (exact) mass is 1160 g/mol. The molecule has 0 aliphatic carbocycles. The summed E-state index contributed by atoms with van der Waals surface area (Å²) in [6.07, 6.45) is 13.7. The number of hydrogen-bond donors (Lipinski definition) is 0. The summed E-state index contributed by atoms with van der Waals surface area (Å²) in [5.74, 6) is 0.599. The topological polar surface area (TPSA) is 125 Å². The second kappa shape index (κ2) is 25.0. The van der Waals surface area contributed by atoms with Crippen molar-refractivity contribution in [2.45, 2.75) is 38.5 Å². The first kappa shape index (κ1) is 55.8. The number of methoxy groups -OCH3 is 2. The van der Waals surface area contributed by atoms with Gasteiger partial charge in [0.1, 0.15) is 11.5 Å². The van der Waals surface area contributed by atoms with Gasteiger partial charge in [-0.25, -0.2) is 19.6 Å². The average molecular weight is 1160 g/mol. The van der Waals surface area contributed by atoms with Gasteiger partial charge in [-0.05, 0) is 178 Å². The Morgan fingerprint density at radius 1 is 0.388 bits per heavy atom. The van der Waals surface area contributed by atoms with Gasteiger partial charge in [0.2, 0.25) is 0 Å². The summed E-state index contributed by atoms with van der Waals surface area (Å²) in [6, 6.07) is 65.3. The number of nitrogens with zero attached hydrogens (tertiary/aromatic N) is 4. The first-order valence-corrected chi connectivity index (χ1v) is 28.5. The number of carbonyl (C=O) groups excluding carboxylic acids is 2. The van der Waals surface area contributed by atoms with Crippen LogP contribution in [0.5, 0.6) is 11.5 Å². The minimum absolute atomic E-state index is 0. The summed E-state index contributed by atoms with van der Waals surface area (Å²) in [5.41, 5.74) is 19.7. The molecule has 9 heterocycles. The predicted molar refractivity (Wildman–Crippen MR) is 335 cm³/mol. The van der Waals surface area contributed by atoms with Gasteiger partial charge in [0.25, 0.3) is 0 Å². The van der Waals surface area contributed by atoms with Crippen molar-refractivity contribution in [2.75, 3.05) is 27.4 Å². The molecule has 0 unspecified atom stereocenters. The average Bonchev–Trinajstić information content (AvgIpc) is 3.33. The number of rotatable bonds is 6. The van der Waals surface area contributed by atoms with Crippen LogP contribution in [0.4, 0.5) is 0 Å². The number of esters is 2. The van der Waals surface area contributed by atoms with Crippen LogP contribution in [-0.2, 0) is 41.8 Å². The second-order valence-electron chi connectivity index (χ2n) is 21.1. The maximum absolute atomic E-state index is 12.6. The number of hydrogen-bond acceptors (Lipinski definition) is 8. The molecule has 0 N–H and O–H groups in total. The molecule has 0 radical (unpaired) electrons. The molecule has 7 aromatic carbocycles. The summed E-state index contributed by atoms with van der Waals surface area (Å²) < 4.78 is 23.9. The van der Waals surface area contributed by atoms with Crippen LogP contribution in [0.3, 0.4) is 0 Å². The van der Waals surface area contributed by atoms with Crippen LogP contribution in [-0.4, -0.2) is 49.3 Å². The molecule has 6 aliphatic heterocycles. The van der Waals surface area contributed by atoms with E-state index in [1.807, 2.05) is 72.8 Å². The Bertz CT molecular complexity index is 4080. The zero-order valence-electron chi connectivity index (χ0n) is 47.4. The normalized spacial score (nSPS) is 13.0. The number of aromatic nitrogens is 4. The molecule has 0 amide bonds. The van der Waals surface area contributed by atoms with Crippen molar-refractivity contribution in [3.05, 3.63) is 239 Å². The molecule has 0 saturated heterocycles. The van der Waals surface area contributed by atoms with Gasteiger partial charge in [0.05, 0.1) is 61.3 Å². The summed E-state index contributed by atoms with van der Waals surface area (Å²) in [6.45, 7) is 0.990. The van der Waals surface area contributed by atoms with E-state index >= 15 is 0 Å². The predicted octanol–water partition coefficient (Wildman–Crippen LogP) is 16.6. The molecule has 0 saturated carbocycles. The Kier molecular flexibility index (Phi) is 16.4. The van der Waals surface area contributed by atoms with Gasteiger partial charge < -0.3 is 28.9 Å². The third-order valence-electron chi connectivity index (χ3n) is 15.8. The van der Waals surface area contributed by atoms with E-state index in [-0.39, 0.29) is 19.5 Å². The minimum Gasteiger partial charge on any atom is -0.657 e. The van der Waals surface area contributed by atoms with Crippen molar-refractivity contribution in [3.63, 3.8) is 0 Å². The zero-order valence-corrected chi connectivity index (χ0v) is 50.4. The van der Waals surface area contributed by atoms with Crippen molar-refractivity contribution in [2.24, 2.45) is 0 Å². The fourth-order valence-corrected chi connectivity index (χ4v) is 11.4.